The zero-order valence-electron chi connectivity index (χ0n) is 10.2. The minimum atomic E-state index is -1.48. The first-order valence-electron chi connectivity index (χ1n) is 5.84. The Morgan fingerprint density at radius 2 is 2.06 bits per heavy atom. The normalized spacial score (nSPS) is 31.7. The molecule has 0 radical (unpaired) electrons. The number of ether oxygens (including phenoxy) is 3. The molecule has 18 heavy (non-hydrogen) atoms. The lowest BCUT2D eigenvalue weighted by atomic mass is 10.2. The monoisotopic (exact) mass is 256 g/mol. The van der Waals surface area contributed by atoms with Crippen molar-refractivity contribution >= 4 is 0 Å². The van der Waals surface area contributed by atoms with Gasteiger partial charge in [0, 0.05) is 7.11 Å². The van der Waals surface area contributed by atoms with Gasteiger partial charge in [-0.15, -0.1) is 0 Å². The maximum absolute atomic E-state index is 13.6. The predicted octanol–water partition coefficient (Wildman–Crippen LogP) is 1.27. The first-order chi connectivity index (χ1) is 8.72. The highest BCUT2D eigenvalue weighted by molar-refractivity contribution is 5.13. The Kier molecular flexibility index (Phi) is 4.66. The molecule has 0 unspecified atom stereocenters. The predicted molar refractivity (Wildman–Crippen MR) is 62.7 cm³/mol. The maximum Gasteiger partial charge on any atom is 0.186 e. The van der Waals surface area contributed by atoms with E-state index in [9.17, 15) is 9.50 Å². The Balaban J connectivity index is 1.77. The maximum atomic E-state index is 13.6. The number of rotatable bonds is 5. The van der Waals surface area contributed by atoms with Crippen LogP contribution < -0.4 is 0 Å². The summed E-state index contributed by atoms with van der Waals surface area (Å²) < 4.78 is 29.0. The number of alkyl halides is 1. The van der Waals surface area contributed by atoms with Gasteiger partial charge in [0.2, 0.25) is 0 Å². The number of aliphatic hydroxyl groups is 1. The number of methoxy groups -OCH3 is 1. The van der Waals surface area contributed by atoms with Crippen LogP contribution in [0.4, 0.5) is 4.39 Å². The van der Waals surface area contributed by atoms with E-state index in [-0.39, 0.29) is 6.61 Å². The minimum absolute atomic E-state index is 0.0903. The fourth-order valence-electron chi connectivity index (χ4n) is 1.89. The van der Waals surface area contributed by atoms with Crippen LogP contribution in [0.5, 0.6) is 0 Å². The fourth-order valence-corrected chi connectivity index (χ4v) is 1.89. The molecule has 1 aromatic rings. The Morgan fingerprint density at radius 1 is 1.33 bits per heavy atom. The van der Waals surface area contributed by atoms with E-state index in [1.165, 1.54) is 7.11 Å². The quantitative estimate of drug-likeness (QED) is 0.862. The smallest absolute Gasteiger partial charge is 0.186 e. The molecule has 100 valence electrons. The van der Waals surface area contributed by atoms with Crippen LogP contribution in [-0.4, -0.2) is 43.5 Å². The summed E-state index contributed by atoms with van der Waals surface area (Å²) in [5.74, 6) is 0. The van der Waals surface area contributed by atoms with Crippen molar-refractivity contribution in [3.63, 3.8) is 0 Å². The molecule has 0 aromatic heterocycles. The second kappa shape index (κ2) is 6.24. The number of hydrogen-bond acceptors (Lipinski definition) is 4. The molecular weight excluding hydrogens is 239 g/mol. The number of aliphatic hydroxyl groups excluding tert-OH is 1. The highest BCUT2D eigenvalue weighted by Crippen LogP contribution is 2.24. The third kappa shape index (κ3) is 3.05. The van der Waals surface area contributed by atoms with Crippen molar-refractivity contribution in [3.8, 4) is 0 Å². The van der Waals surface area contributed by atoms with Gasteiger partial charge in [-0.25, -0.2) is 4.39 Å². The molecule has 1 saturated heterocycles. The lowest BCUT2D eigenvalue weighted by molar-refractivity contribution is -0.156. The standard InChI is InChI=1S/C13H17FO4/c1-16-13-12(15)11(14)10(18-13)8-17-7-9-5-3-2-4-6-9/h2-6,10-13,15H,7-8H2,1H3/t10-,11-,12+,13+/m1/s1. The largest absolute Gasteiger partial charge is 0.385 e. The molecular formula is C13H17FO4. The highest BCUT2D eigenvalue weighted by atomic mass is 19.1. The molecule has 1 aromatic carbocycles. The summed E-state index contributed by atoms with van der Waals surface area (Å²) in [6, 6.07) is 9.59. The molecule has 0 aliphatic carbocycles. The van der Waals surface area contributed by atoms with Gasteiger partial charge >= 0.3 is 0 Å². The lowest BCUT2D eigenvalue weighted by Gasteiger charge is -2.13. The van der Waals surface area contributed by atoms with Crippen molar-refractivity contribution in [2.45, 2.75) is 31.3 Å². The molecule has 0 spiro atoms. The van der Waals surface area contributed by atoms with Crippen molar-refractivity contribution in [2.75, 3.05) is 13.7 Å². The molecule has 1 heterocycles. The van der Waals surface area contributed by atoms with Crippen molar-refractivity contribution < 1.29 is 23.7 Å². The van der Waals surface area contributed by atoms with Crippen LogP contribution in [0.1, 0.15) is 5.56 Å². The van der Waals surface area contributed by atoms with Crippen LogP contribution in [0.2, 0.25) is 0 Å². The molecule has 5 heteroatoms. The molecule has 1 N–H and O–H groups in total. The summed E-state index contributed by atoms with van der Waals surface area (Å²) in [4.78, 5) is 0. The van der Waals surface area contributed by atoms with Crippen molar-refractivity contribution in [1.82, 2.24) is 0 Å². The van der Waals surface area contributed by atoms with E-state index >= 15 is 0 Å². The van der Waals surface area contributed by atoms with E-state index in [1.54, 1.807) is 0 Å². The zero-order chi connectivity index (χ0) is 13.0. The summed E-state index contributed by atoms with van der Waals surface area (Å²) in [7, 11) is 1.37. The summed E-state index contributed by atoms with van der Waals surface area (Å²) in [5.41, 5.74) is 1.01. The summed E-state index contributed by atoms with van der Waals surface area (Å²) in [6.07, 6.45) is -4.43. The van der Waals surface area contributed by atoms with Gasteiger partial charge in [-0.05, 0) is 5.56 Å². The Bertz CT molecular complexity index is 359. The SMILES string of the molecule is CO[C@H]1O[C@H](COCc2ccccc2)[C@@H](F)[C@@H]1O. The number of hydrogen-bond donors (Lipinski definition) is 1. The van der Waals surface area contributed by atoms with Crippen molar-refractivity contribution in [2.24, 2.45) is 0 Å². The molecule has 1 fully saturated rings. The Hall–Kier alpha value is -1.01. The number of halogens is 1. The molecule has 4 nitrogen and oxygen atoms in total. The highest BCUT2D eigenvalue weighted by Gasteiger charge is 2.44. The van der Waals surface area contributed by atoms with Gasteiger partial charge in [0.25, 0.3) is 0 Å². The van der Waals surface area contributed by atoms with Gasteiger partial charge in [-0.2, -0.15) is 0 Å². The van der Waals surface area contributed by atoms with E-state index < -0.39 is 24.7 Å². The molecule has 4 atom stereocenters. The van der Waals surface area contributed by atoms with Gasteiger partial charge in [0.05, 0.1) is 13.2 Å². The molecule has 1 aliphatic rings. The van der Waals surface area contributed by atoms with Gasteiger partial charge in [0.1, 0.15) is 12.2 Å². The van der Waals surface area contributed by atoms with Crippen LogP contribution in [0.15, 0.2) is 30.3 Å². The van der Waals surface area contributed by atoms with E-state index in [4.69, 9.17) is 14.2 Å². The fraction of sp³-hybridized carbons (Fsp3) is 0.538. The van der Waals surface area contributed by atoms with Crippen LogP contribution in [0.3, 0.4) is 0 Å². The van der Waals surface area contributed by atoms with Crippen LogP contribution in [0, 0.1) is 0 Å². The third-order valence-corrected chi connectivity index (χ3v) is 2.90. The minimum Gasteiger partial charge on any atom is -0.385 e. The molecule has 0 saturated carbocycles. The lowest BCUT2D eigenvalue weighted by Crippen LogP contribution is -2.31. The average molecular weight is 256 g/mol. The second-order valence-corrected chi connectivity index (χ2v) is 4.21. The molecule has 0 bridgehead atoms. The molecule has 1 aliphatic heterocycles. The van der Waals surface area contributed by atoms with Gasteiger partial charge in [0.15, 0.2) is 12.5 Å². The van der Waals surface area contributed by atoms with E-state index in [0.717, 1.165) is 5.56 Å². The summed E-state index contributed by atoms with van der Waals surface area (Å²) >= 11 is 0. The topological polar surface area (TPSA) is 47.9 Å². The third-order valence-electron chi connectivity index (χ3n) is 2.90. The Morgan fingerprint density at radius 3 is 2.67 bits per heavy atom. The van der Waals surface area contributed by atoms with Crippen LogP contribution >= 0.6 is 0 Å². The number of benzene rings is 1. The van der Waals surface area contributed by atoms with E-state index in [0.29, 0.717) is 6.61 Å². The van der Waals surface area contributed by atoms with Crippen molar-refractivity contribution in [1.29, 1.82) is 0 Å². The average Bonchev–Trinajstić information content (AvgIpc) is 2.68. The van der Waals surface area contributed by atoms with Crippen LogP contribution in [0.25, 0.3) is 0 Å². The van der Waals surface area contributed by atoms with Gasteiger partial charge in [-0.1, -0.05) is 30.3 Å². The molecule has 0 amide bonds. The van der Waals surface area contributed by atoms with Crippen molar-refractivity contribution in [3.05, 3.63) is 35.9 Å². The van der Waals surface area contributed by atoms with Gasteiger partial charge < -0.3 is 19.3 Å². The van der Waals surface area contributed by atoms with Gasteiger partial charge in [-0.3, -0.25) is 0 Å². The summed E-state index contributed by atoms with van der Waals surface area (Å²) in [5, 5.41) is 9.46. The second-order valence-electron chi connectivity index (χ2n) is 4.21. The van der Waals surface area contributed by atoms with Crippen LogP contribution in [-0.2, 0) is 20.8 Å². The summed E-state index contributed by atoms with van der Waals surface area (Å²) in [6.45, 7) is 0.480. The van der Waals surface area contributed by atoms with E-state index in [1.807, 2.05) is 30.3 Å². The first-order valence-corrected chi connectivity index (χ1v) is 5.84. The first kappa shape index (κ1) is 13.4. The van der Waals surface area contributed by atoms with E-state index in [2.05, 4.69) is 0 Å². The Labute approximate surface area is 105 Å². The zero-order valence-corrected chi connectivity index (χ0v) is 10.2. The molecule has 2 rings (SSSR count).